The number of halogens is 1. The van der Waals surface area contributed by atoms with Crippen molar-refractivity contribution in [3.63, 3.8) is 0 Å². The molecule has 1 aliphatic rings. The normalized spacial score (nSPS) is 17.8. The van der Waals surface area contributed by atoms with Crippen molar-refractivity contribution in [2.75, 3.05) is 26.4 Å². The molecule has 3 rings (SSSR count). The van der Waals surface area contributed by atoms with E-state index >= 15 is 0 Å². The second kappa shape index (κ2) is 11.0. The minimum absolute atomic E-state index is 0.241. The molecule has 1 heterocycles. The average Bonchev–Trinajstić information content (AvgIpc) is 3.02. The van der Waals surface area contributed by atoms with Crippen LogP contribution in [0.4, 0.5) is 9.18 Å². The highest BCUT2D eigenvalue weighted by Crippen LogP contribution is 2.28. The number of carbonyl (C=O) groups excluding carboxylic acids is 3. The highest BCUT2D eigenvalue weighted by molar-refractivity contribution is 6.09. The van der Waals surface area contributed by atoms with Crippen molar-refractivity contribution in [1.82, 2.24) is 15.5 Å². The maximum Gasteiger partial charge on any atom is 0.325 e. The number of rotatable bonds is 11. The van der Waals surface area contributed by atoms with Gasteiger partial charge in [0, 0.05) is 13.2 Å². The highest BCUT2D eigenvalue weighted by Gasteiger charge is 2.49. The van der Waals surface area contributed by atoms with Gasteiger partial charge in [0.1, 0.15) is 17.9 Å². The zero-order valence-corrected chi connectivity index (χ0v) is 18.7. The Morgan fingerprint density at radius 1 is 1.09 bits per heavy atom. The molecule has 1 fully saturated rings. The maximum atomic E-state index is 13.2. The Morgan fingerprint density at radius 2 is 1.79 bits per heavy atom. The van der Waals surface area contributed by atoms with E-state index < -0.39 is 35.7 Å². The number of benzene rings is 2. The van der Waals surface area contributed by atoms with E-state index in [4.69, 9.17) is 9.47 Å². The first-order valence-electron chi connectivity index (χ1n) is 10.7. The van der Waals surface area contributed by atoms with Gasteiger partial charge in [-0.15, -0.1) is 0 Å². The van der Waals surface area contributed by atoms with Crippen LogP contribution in [0.15, 0.2) is 48.5 Å². The molecule has 33 heavy (non-hydrogen) atoms. The molecule has 0 spiro atoms. The Morgan fingerprint density at radius 3 is 2.52 bits per heavy atom. The number of imide groups is 1. The summed E-state index contributed by atoms with van der Waals surface area (Å²) in [6.07, 6.45) is 0. The van der Waals surface area contributed by atoms with E-state index in [0.717, 1.165) is 16.0 Å². The molecule has 0 aliphatic carbocycles. The van der Waals surface area contributed by atoms with Crippen LogP contribution in [0.25, 0.3) is 0 Å². The van der Waals surface area contributed by atoms with Crippen molar-refractivity contribution in [2.24, 2.45) is 0 Å². The molecule has 0 saturated carbocycles. The lowest BCUT2D eigenvalue weighted by Gasteiger charge is -2.22. The van der Waals surface area contributed by atoms with Gasteiger partial charge in [-0.3, -0.25) is 14.5 Å². The Balaban J connectivity index is 1.52. The Bertz CT molecular complexity index is 998. The van der Waals surface area contributed by atoms with E-state index in [-0.39, 0.29) is 6.54 Å². The van der Waals surface area contributed by atoms with Crippen LogP contribution in [0.2, 0.25) is 0 Å². The minimum Gasteiger partial charge on any atom is -0.379 e. The first kappa shape index (κ1) is 24.3. The van der Waals surface area contributed by atoms with Gasteiger partial charge in [0.05, 0.1) is 19.8 Å². The molecule has 0 bridgehead atoms. The molecule has 1 saturated heterocycles. The lowest BCUT2D eigenvalue weighted by Crippen LogP contribution is -2.43. The van der Waals surface area contributed by atoms with Crippen LogP contribution in [0, 0.1) is 5.82 Å². The van der Waals surface area contributed by atoms with Crippen LogP contribution >= 0.6 is 0 Å². The SMILES string of the molecule is CCOCCOCc1cccc(CNC(=O)CN2C(=O)NC(C)(c3ccc(F)cc3)C2=O)c1. The van der Waals surface area contributed by atoms with Crippen molar-refractivity contribution >= 4 is 17.8 Å². The Hall–Kier alpha value is -3.30. The van der Waals surface area contributed by atoms with Gasteiger partial charge in [-0.05, 0) is 42.7 Å². The molecule has 1 unspecified atom stereocenters. The van der Waals surface area contributed by atoms with Gasteiger partial charge in [-0.25, -0.2) is 9.18 Å². The zero-order chi connectivity index (χ0) is 23.8. The van der Waals surface area contributed by atoms with E-state index in [1.54, 1.807) is 0 Å². The van der Waals surface area contributed by atoms with Gasteiger partial charge < -0.3 is 20.1 Å². The monoisotopic (exact) mass is 457 g/mol. The zero-order valence-electron chi connectivity index (χ0n) is 18.7. The third-order valence-electron chi connectivity index (χ3n) is 5.32. The van der Waals surface area contributed by atoms with Gasteiger partial charge in [-0.1, -0.05) is 36.4 Å². The molecule has 2 aromatic carbocycles. The molecule has 1 atom stereocenters. The Kier molecular flexibility index (Phi) is 8.13. The van der Waals surface area contributed by atoms with Crippen LogP contribution in [-0.2, 0) is 37.8 Å². The molecule has 176 valence electrons. The third-order valence-corrected chi connectivity index (χ3v) is 5.32. The summed E-state index contributed by atoms with van der Waals surface area (Å²) in [7, 11) is 0. The molecule has 0 aromatic heterocycles. The number of nitrogens with zero attached hydrogens (tertiary/aromatic N) is 1. The summed E-state index contributed by atoms with van der Waals surface area (Å²) in [4.78, 5) is 38.6. The van der Waals surface area contributed by atoms with Crippen LogP contribution in [-0.4, -0.2) is 49.1 Å². The van der Waals surface area contributed by atoms with E-state index in [1.807, 2.05) is 31.2 Å². The third kappa shape index (κ3) is 6.15. The first-order valence-corrected chi connectivity index (χ1v) is 10.7. The van der Waals surface area contributed by atoms with Crippen molar-refractivity contribution in [3.8, 4) is 0 Å². The smallest absolute Gasteiger partial charge is 0.325 e. The largest absolute Gasteiger partial charge is 0.379 e. The second-order valence-electron chi connectivity index (χ2n) is 7.80. The van der Waals surface area contributed by atoms with Gasteiger partial charge in [0.15, 0.2) is 0 Å². The molecular formula is C24H28FN3O5. The van der Waals surface area contributed by atoms with Crippen molar-refractivity contribution < 1.29 is 28.2 Å². The average molecular weight is 458 g/mol. The number of nitrogens with one attached hydrogen (secondary N) is 2. The molecule has 8 nitrogen and oxygen atoms in total. The molecule has 2 aromatic rings. The number of ether oxygens (including phenoxy) is 2. The molecule has 2 N–H and O–H groups in total. The standard InChI is InChI=1S/C24H28FN3O5/c1-3-32-11-12-33-16-18-6-4-5-17(13-18)14-26-21(29)15-28-22(30)24(2,27-23(28)31)19-7-9-20(25)10-8-19/h4-10,13H,3,11-12,14-16H2,1-2H3,(H,26,29)(H,27,31). The number of carbonyl (C=O) groups is 3. The van der Waals surface area contributed by atoms with E-state index in [9.17, 15) is 18.8 Å². The van der Waals surface area contributed by atoms with Crippen LogP contribution < -0.4 is 10.6 Å². The van der Waals surface area contributed by atoms with Gasteiger partial charge in [-0.2, -0.15) is 0 Å². The fraction of sp³-hybridized carbons (Fsp3) is 0.375. The van der Waals surface area contributed by atoms with E-state index in [2.05, 4.69) is 10.6 Å². The van der Waals surface area contributed by atoms with Crippen LogP contribution in [0.3, 0.4) is 0 Å². The predicted octanol–water partition coefficient (Wildman–Crippen LogP) is 2.46. The summed E-state index contributed by atoms with van der Waals surface area (Å²) in [6, 6.07) is 12.2. The number of hydrogen-bond donors (Lipinski definition) is 2. The summed E-state index contributed by atoms with van der Waals surface area (Å²) >= 11 is 0. The molecule has 1 aliphatic heterocycles. The van der Waals surface area contributed by atoms with Crippen molar-refractivity contribution in [3.05, 3.63) is 71.0 Å². The topological polar surface area (TPSA) is 97.0 Å². The number of hydrogen-bond acceptors (Lipinski definition) is 5. The fourth-order valence-corrected chi connectivity index (χ4v) is 3.50. The van der Waals surface area contributed by atoms with Crippen molar-refractivity contribution in [2.45, 2.75) is 32.5 Å². The quantitative estimate of drug-likeness (QED) is 0.399. The van der Waals surface area contributed by atoms with Crippen molar-refractivity contribution in [1.29, 1.82) is 0 Å². The lowest BCUT2D eigenvalue weighted by atomic mass is 9.92. The summed E-state index contributed by atoms with van der Waals surface area (Å²) < 4.78 is 24.0. The van der Waals surface area contributed by atoms with Gasteiger partial charge in [0.25, 0.3) is 5.91 Å². The molecule has 9 heteroatoms. The predicted molar refractivity (Wildman–Crippen MR) is 118 cm³/mol. The summed E-state index contributed by atoms with van der Waals surface area (Å²) in [5.74, 6) is -1.49. The van der Waals surface area contributed by atoms with Crippen LogP contribution in [0.1, 0.15) is 30.5 Å². The second-order valence-corrected chi connectivity index (χ2v) is 7.80. The number of urea groups is 1. The van der Waals surface area contributed by atoms with Gasteiger partial charge in [0.2, 0.25) is 5.91 Å². The lowest BCUT2D eigenvalue weighted by molar-refractivity contribution is -0.134. The maximum absolute atomic E-state index is 13.2. The highest BCUT2D eigenvalue weighted by atomic mass is 19.1. The molecule has 4 amide bonds. The van der Waals surface area contributed by atoms with E-state index in [1.165, 1.54) is 31.2 Å². The summed E-state index contributed by atoms with van der Waals surface area (Å²) in [6.45, 7) is 5.39. The first-order chi connectivity index (χ1) is 15.8. The molecule has 0 radical (unpaired) electrons. The molecular weight excluding hydrogens is 429 g/mol. The minimum atomic E-state index is -1.36. The number of amides is 4. The summed E-state index contributed by atoms with van der Waals surface area (Å²) in [5, 5.41) is 5.33. The fourth-order valence-electron chi connectivity index (χ4n) is 3.50. The summed E-state index contributed by atoms with van der Waals surface area (Å²) in [5.41, 5.74) is 0.900. The Labute approximate surface area is 192 Å². The van der Waals surface area contributed by atoms with Gasteiger partial charge >= 0.3 is 6.03 Å². The van der Waals surface area contributed by atoms with Crippen LogP contribution in [0.5, 0.6) is 0 Å². The van der Waals surface area contributed by atoms with E-state index in [0.29, 0.717) is 32.0 Å².